The summed E-state index contributed by atoms with van der Waals surface area (Å²) in [6.45, 7) is 11.7. The number of hydrogen-bond acceptors (Lipinski definition) is 2. The van der Waals surface area contributed by atoms with Crippen molar-refractivity contribution < 1.29 is 0 Å². The molecule has 0 aliphatic rings. The van der Waals surface area contributed by atoms with Crippen LogP contribution in [0.5, 0.6) is 0 Å². The van der Waals surface area contributed by atoms with Crippen LogP contribution in [0.3, 0.4) is 0 Å². The Balaban J connectivity index is 2.77. The van der Waals surface area contributed by atoms with Crippen molar-refractivity contribution in [3.63, 3.8) is 0 Å². The minimum Gasteiger partial charge on any atom is -0.317 e. The predicted molar refractivity (Wildman–Crippen MR) is 76.4 cm³/mol. The number of nitrogens with one attached hydrogen (secondary N) is 1. The van der Waals surface area contributed by atoms with Crippen LogP contribution in [0.1, 0.15) is 38.6 Å². The summed E-state index contributed by atoms with van der Waals surface area (Å²) in [6, 6.07) is 0. The molecule has 0 aliphatic heterocycles. The van der Waals surface area contributed by atoms with Crippen molar-refractivity contribution in [2.75, 3.05) is 13.1 Å². The minimum atomic E-state index is 0.688. The highest BCUT2D eigenvalue weighted by atomic mass is 79.9. The van der Waals surface area contributed by atoms with Gasteiger partial charge < -0.3 is 5.32 Å². The van der Waals surface area contributed by atoms with Crippen LogP contribution in [0.4, 0.5) is 0 Å². The van der Waals surface area contributed by atoms with Crippen molar-refractivity contribution in [3.8, 4) is 0 Å². The molecule has 0 spiro atoms. The largest absolute Gasteiger partial charge is 0.317 e. The Morgan fingerprint density at radius 1 is 1.35 bits per heavy atom. The molecule has 1 unspecified atom stereocenters. The molecule has 1 aromatic rings. The van der Waals surface area contributed by atoms with Gasteiger partial charge in [0, 0.05) is 6.54 Å². The van der Waals surface area contributed by atoms with Crippen LogP contribution in [0, 0.1) is 12.8 Å². The maximum absolute atomic E-state index is 4.55. The second-order valence-electron chi connectivity index (χ2n) is 4.45. The van der Waals surface area contributed by atoms with Gasteiger partial charge in [-0.1, -0.05) is 20.3 Å². The molecule has 1 aromatic heterocycles. The lowest BCUT2D eigenvalue weighted by Crippen LogP contribution is -2.24. The van der Waals surface area contributed by atoms with E-state index < -0.39 is 0 Å². The Hall–Kier alpha value is -0.350. The molecule has 1 N–H and O–H groups in total. The molecule has 0 saturated carbocycles. The summed E-state index contributed by atoms with van der Waals surface area (Å²) in [5.41, 5.74) is 2.44. The van der Waals surface area contributed by atoms with Gasteiger partial charge in [-0.3, -0.25) is 4.68 Å². The van der Waals surface area contributed by atoms with Gasteiger partial charge in [-0.25, -0.2) is 0 Å². The van der Waals surface area contributed by atoms with Gasteiger partial charge in [0.25, 0.3) is 0 Å². The van der Waals surface area contributed by atoms with Crippen LogP contribution >= 0.6 is 15.9 Å². The molecule has 0 amide bonds. The van der Waals surface area contributed by atoms with Gasteiger partial charge in [0.2, 0.25) is 0 Å². The van der Waals surface area contributed by atoms with Gasteiger partial charge in [0.05, 0.1) is 15.9 Å². The Labute approximate surface area is 113 Å². The molecule has 17 heavy (non-hydrogen) atoms. The number of aryl methyl sites for hydroxylation is 2. The number of hydrogen-bond donors (Lipinski definition) is 1. The molecule has 0 aromatic carbocycles. The van der Waals surface area contributed by atoms with Gasteiger partial charge in [0.1, 0.15) is 0 Å². The highest BCUT2D eigenvalue weighted by molar-refractivity contribution is 9.10. The molecule has 0 saturated heterocycles. The number of aromatic nitrogens is 2. The molecule has 0 radical (unpaired) electrons. The summed E-state index contributed by atoms with van der Waals surface area (Å²) in [5.74, 6) is 0.688. The second kappa shape index (κ2) is 7.17. The fourth-order valence-electron chi connectivity index (χ4n) is 2.05. The van der Waals surface area contributed by atoms with E-state index >= 15 is 0 Å². The number of nitrogens with zero attached hydrogens (tertiary/aromatic N) is 2. The first-order valence-electron chi connectivity index (χ1n) is 6.56. The Bertz CT molecular complexity index is 347. The van der Waals surface area contributed by atoms with E-state index in [9.17, 15) is 0 Å². The highest BCUT2D eigenvalue weighted by Gasteiger charge is 2.16. The van der Waals surface area contributed by atoms with E-state index in [0.717, 1.165) is 31.7 Å². The van der Waals surface area contributed by atoms with Gasteiger partial charge in [-0.2, -0.15) is 5.10 Å². The van der Waals surface area contributed by atoms with Crippen molar-refractivity contribution in [2.45, 2.75) is 47.1 Å². The Morgan fingerprint density at radius 2 is 2.06 bits per heavy atom. The molecule has 1 heterocycles. The summed E-state index contributed by atoms with van der Waals surface area (Å²) < 4.78 is 3.31. The molecular formula is C13H24BrN3. The zero-order valence-electron chi connectivity index (χ0n) is 11.4. The molecule has 3 nitrogen and oxygen atoms in total. The minimum absolute atomic E-state index is 0.688. The van der Waals surface area contributed by atoms with Crippen LogP contribution in [-0.4, -0.2) is 22.9 Å². The van der Waals surface area contributed by atoms with Crippen LogP contribution < -0.4 is 5.32 Å². The molecule has 1 rings (SSSR count). The number of rotatable bonds is 7. The summed E-state index contributed by atoms with van der Waals surface area (Å²) in [7, 11) is 0. The SMILES string of the molecule is CCNCC(CC)Cc1c(Br)c(C)nn1CC. The normalized spacial score (nSPS) is 13.0. The maximum atomic E-state index is 4.55. The average Bonchev–Trinajstić information content (AvgIpc) is 2.61. The topological polar surface area (TPSA) is 29.9 Å². The smallest absolute Gasteiger partial charge is 0.0738 e. The summed E-state index contributed by atoms with van der Waals surface area (Å²) in [4.78, 5) is 0. The van der Waals surface area contributed by atoms with Crippen LogP contribution in [0.15, 0.2) is 4.47 Å². The van der Waals surface area contributed by atoms with Crippen molar-refractivity contribution in [3.05, 3.63) is 15.9 Å². The molecular weight excluding hydrogens is 278 g/mol. The van der Waals surface area contributed by atoms with Crippen molar-refractivity contribution in [1.29, 1.82) is 0 Å². The molecule has 1 atom stereocenters. The average molecular weight is 302 g/mol. The first-order chi connectivity index (χ1) is 8.13. The van der Waals surface area contributed by atoms with E-state index in [1.54, 1.807) is 0 Å². The van der Waals surface area contributed by atoms with Crippen LogP contribution in [-0.2, 0) is 13.0 Å². The third-order valence-corrected chi connectivity index (χ3v) is 4.23. The highest BCUT2D eigenvalue weighted by Crippen LogP contribution is 2.24. The van der Waals surface area contributed by atoms with E-state index in [1.165, 1.54) is 16.6 Å². The van der Waals surface area contributed by atoms with E-state index in [2.05, 4.69) is 58.7 Å². The first kappa shape index (κ1) is 14.7. The molecule has 0 aliphatic carbocycles. The maximum Gasteiger partial charge on any atom is 0.0738 e. The molecule has 98 valence electrons. The van der Waals surface area contributed by atoms with E-state index in [0.29, 0.717) is 5.92 Å². The van der Waals surface area contributed by atoms with E-state index in [4.69, 9.17) is 0 Å². The third kappa shape index (κ3) is 3.81. The van der Waals surface area contributed by atoms with Crippen LogP contribution in [0.2, 0.25) is 0 Å². The second-order valence-corrected chi connectivity index (χ2v) is 5.24. The van der Waals surface area contributed by atoms with Crippen molar-refractivity contribution in [2.24, 2.45) is 5.92 Å². The fraction of sp³-hybridized carbons (Fsp3) is 0.769. The van der Waals surface area contributed by atoms with E-state index in [-0.39, 0.29) is 0 Å². The van der Waals surface area contributed by atoms with E-state index in [1.807, 2.05) is 0 Å². The monoisotopic (exact) mass is 301 g/mol. The third-order valence-electron chi connectivity index (χ3n) is 3.20. The molecule has 0 bridgehead atoms. The summed E-state index contributed by atoms with van der Waals surface area (Å²) in [5, 5.41) is 7.98. The fourth-order valence-corrected chi connectivity index (χ4v) is 2.49. The molecule has 4 heteroatoms. The van der Waals surface area contributed by atoms with Crippen molar-refractivity contribution in [1.82, 2.24) is 15.1 Å². The number of halogens is 1. The quantitative estimate of drug-likeness (QED) is 0.838. The van der Waals surface area contributed by atoms with Gasteiger partial charge in [0.15, 0.2) is 0 Å². The lowest BCUT2D eigenvalue weighted by molar-refractivity contribution is 0.448. The summed E-state index contributed by atoms with van der Waals surface area (Å²) in [6.07, 6.45) is 2.30. The van der Waals surface area contributed by atoms with Gasteiger partial charge >= 0.3 is 0 Å². The zero-order chi connectivity index (χ0) is 12.8. The predicted octanol–water partition coefficient (Wildman–Crippen LogP) is 3.15. The molecule has 0 fully saturated rings. The summed E-state index contributed by atoms with van der Waals surface area (Å²) >= 11 is 3.66. The van der Waals surface area contributed by atoms with Crippen LogP contribution in [0.25, 0.3) is 0 Å². The lowest BCUT2D eigenvalue weighted by atomic mass is 10.00. The Kier molecular flexibility index (Phi) is 6.20. The zero-order valence-corrected chi connectivity index (χ0v) is 13.0. The van der Waals surface area contributed by atoms with Gasteiger partial charge in [-0.05, 0) is 55.2 Å². The van der Waals surface area contributed by atoms with Crippen molar-refractivity contribution >= 4 is 15.9 Å². The first-order valence-corrected chi connectivity index (χ1v) is 7.35. The van der Waals surface area contributed by atoms with Gasteiger partial charge in [-0.15, -0.1) is 0 Å². The standard InChI is InChI=1S/C13H24BrN3/c1-5-11(9-15-6-2)8-12-13(14)10(4)16-17(12)7-3/h11,15H,5-9H2,1-4H3. The Morgan fingerprint density at radius 3 is 2.59 bits per heavy atom. The lowest BCUT2D eigenvalue weighted by Gasteiger charge is -2.16.